The van der Waals surface area contributed by atoms with Gasteiger partial charge >= 0.3 is 12.1 Å². The van der Waals surface area contributed by atoms with Gasteiger partial charge in [0, 0.05) is 6.92 Å². The minimum absolute atomic E-state index is 0.0742. The number of nitrogens with zero attached hydrogens (tertiary/aromatic N) is 1. The summed E-state index contributed by atoms with van der Waals surface area (Å²) in [5.74, 6) is -2.42. The zero-order valence-electron chi connectivity index (χ0n) is 7.75. The number of rotatable bonds is 2. The molecule has 1 aromatic rings. The normalized spacial score (nSPS) is 11.2. The van der Waals surface area contributed by atoms with Crippen molar-refractivity contribution < 1.29 is 27.9 Å². The predicted molar refractivity (Wildman–Crippen MR) is 48.4 cm³/mol. The molecule has 0 radical (unpaired) electrons. The number of thiazole rings is 1. The van der Waals surface area contributed by atoms with Gasteiger partial charge < -0.3 is 10.4 Å². The molecule has 0 aromatic carbocycles. The molecule has 0 saturated heterocycles. The van der Waals surface area contributed by atoms with Crippen LogP contribution in [0.15, 0.2) is 0 Å². The number of hydrogen-bond acceptors (Lipinski definition) is 4. The summed E-state index contributed by atoms with van der Waals surface area (Å²) in [6.45, 7) is 1.08. The second-order valence-corrected chi connectivity index (χ2v) is 3.68. The van der Waals surface area contributed by atoms with Crippen molar-refractivity contribution in [2.45, 2.75) is 13.1 Å². The van der Waals surface area contributed by atoms with Gasteiger partial charge in [-0.25, -0.2) is 9.78 Å². The van der Waals surface area contributed by atoms with Crippen LogP contribution < -0.4 is 5.32 Å². The highest BCUT2D eigenvalue weighted by molar-refractivity contribution is 7.16. The molecular formula is C7H5F3N2O3S. The van der Waals surface area contributed by atoms with E-state index in [0.29, 0.717) is 0 Å². The van der Waals surface area contributed by atoms with E-state index in [-0.39, 0.29) is 11.3 Å². The minimum atomic E-state index is -4.80. The van der Waals surface area contributed by atoms with E-state index in [9.17, 15) is 22.8 Å². The third kappa shape index (κ3) is 2.69. The Morgan fingerprint density at radius 1 is 1.44 bits per heavy atom. The Balaban J connectivity index is 3.21. The molecule has 0 bridgehead atoms. The number of aromatic nitrogens is 1. The highest BCUT2D eigenvalue weighted by Crippen LogP contribution is 2.38. The molecule has 1 aromatic heterocycles. The zero-order valence-corrected chi connectivity index (χ0v) is 8.57. The van der Waals surface area contributed by atoms with Crippen LogP contribution in [0.4, 0.5) is 18.3 Å². The maximum Gasteiger partial charge on any atom is 0.428 e. The standard InChI is InChI=1S/C7H5F3N2O3S/c1-2(13)11-6-12-3(5(14)15)4(16-6)7(8,9)10/h1H3,(H,14,15)(H,11,12,13). The van der Waals surface area contributed by atoms with Gasteiger partial charge in [0.15, 0.2) is 10.8 Å². The Labute approximate surface area is 90.9 Å². The van der Waals surface area contributed by atoms with E-state index in [0.717, 1.165) is 6.92 Å². The van der Waals surface area contributed by atoms with Crippen LogP contribution in [-0.2, 0) is 11.0 Å². The maximum atomic E-state index is 12.4. The number of carboxylic acid groups (broad SMARTS) is 1. The van der Waals surface area contributed by atoms with E-state index in [1.54, 1.807) is 0 Å². The van der Waals surface area contributed by atoms with Crippen LogP contribution in [0.2, 0.25) is 0 Å². The lowest BCUT2D eigenvalue weighted by Crippen LogP contribution is -2.10. The fourth-order valence-electron chi connectivity index (χ4n) is 0.861. The first-order valence-corrected chi connectivity index (χ1v) is 4.62. The molecule has 0 aliphatic rings. The van der Waals surface area contributed by atoms with Crippen LogP contribution in [0.3, 0.4) is 0 Å². The zero-order chi connectivity index (χ0) is 12.5. The van der Waals surface area contributed by atoms with Crippen molar-refractivity contribution in [1.29, 1.82) is 0 Å². The van der Waals surface area contributed by atoms with E-state index >= 15 is 0 Å². The van der Waals surface area contributed by atoms with Gasteiger partial charge in [0.2, 0.25) is 5.91 Å². The van der Waals surface area contributed by atoms with Crippen molar-refractivity contribution in [3.63, 3.8) is 0 Å². The number of amides is 1. The number of carboxylic acids is 1. The van der Waals surface area contributed by atoms with Crippen molar-refractivity contribution in [2.75, 3.05) is 5.32 Å². The third-order valence-corrected chi connectivity index (χ3v) is 2.39. The average molecular weight is 254 g/mol. The van der Waals surface area contributed by atoms with Crippen LogP contribution in [0.5, 0.6) is 0 Å². The van der Waals surface area contributed by atoms with E-state index in [1.807, 2.05) is 5.32 Å². The molecule has 1 rings (SSSR count). The van der Waals surface area contributed by atoms with Gasteiger partial charge in [0.1, 0.15) is 4.88 Å². The Hall–Kier alpha value is -1.64. The molecule has 1 heterocycles. The predicted octanol–water partition coefficient (Wildman–Crippen LogP) is 1.82. The first-order chi connectivity index (χ1) is 7.21. The molecule has 0 atom stereocenters. The summed E-state index contributed by atoms with van der Waals surface area (Å²) in [5.41, 5.74) is -1.11. The van der Waals surface area contributed by atoms with Gasteiger partial charge in [-0.15, -0.1) is 0 Å². The number of nitrogens with one attached hydrogen (secondary N) is 1. The maximum absolute atomic E-state index is 12.4. The van der Waals surface area contributed by atoms with E-state index < -0.39 is 33.8 Å². The molecule has 88 valence electrons. The molecule has 1 amide bonds. The molecule has 0 spiro atoms. The number of carbonyl (C=O) groups is 2. The number of anilines is 1. The smallest absolute Gasteiger partial charge is 0.428 e. The van der Waals surface area contributed by atoms with Crippen LogP contribution in [0, 0.1) is 0 Å². The summed E-state index contributed by atoms with van der Waals surface area (Å²) in [7, 11) is 0. The van der Waals surface area contributed by atoms with Gasteiger partial charge in [-0.1, -0.05) is 11.3 Å². The molecule has 0 fully saturated rings. The summed E-state index contributed by atoms with van der Waals surface area (Å²) >= 11 is 0.0742. The minimum Gasteiger partial charge on any atom is -0.476 e. The lowest BCUT2D eigenvalue weighted by Gasteiger charge is -2.02. The quantitative estimate of drug-likeness (QED) is 0.843. The summed E-state index contributed by atoms with van der Waals surface area (Å²) in [6.07, 6.45) is -4.80. The summed E-state index contributed by atoms with van der Waals surface area (Å²) in [4.78, 5) is 22.9. The van der Waals surface area contributed by atoms with E-state index in [4.69, 9.17) is 5.11 Å². The highest BCUT2D eigenvalue weighted by atomic mass is 32.1. The second kappa shape index (κ2) is 4.08. The lowest BCUT2D eigenvalue weighted by molar-refractivity contribution is -0.135. The lowest BCUT2D eigenvalue weighted by atomic mass is 10.3. The highest BCUT2D eigenvalue weighted by Gasteiger charge is 2.39. The van der Waals surface area contributed by atoms with Gasteiger partial charge in [0.25, 0.3) is 0 Å². The van der Waals surface area contributed by atoms with Crippen molar-refractivity contribution >= 4 is 28.3 Å². The van der Waals surface area contributed by atoms with Gasteiger partial charge in [-0.2, -0.15) is 13.2 Å². The topological polar surface area (TPSA) is 79.3 Å². The molecule has 0 aliphatic heterocycles. The van der Waals surface area contributed by atoms with Crippen molar-refractivity contribution in [3.8, 4) is 0 Å². The number of carbonyl (C=O) groups excluding carboxylic acids is 1. The fourth-order valence-corrected chi connectivity index (χ4v) is 1.73. The summed E-state index contributed by atoms with van der Waals surface area (Å²) in [5, 5.41) is 10.1. The van der Waals surface area contributed by atoms with Crippen LogP contribution in [-0.4, -0.2) is 22.0 Å². The van der Waals surface area contributed by atoms with Crippen molar-refractivity contribution in [1.82, 2.24) is 4.98 Å². The molecule has 16 heavy (non-hydrogen) atoms. The van der Waals surface area contributed by atoms with Gasteiger partial charge in [-0.05, 0) is 0 Å². The third-order valence-electron chi connectivity index (χ3n) is 1.37. The van der Waals surface area contributed by atoms with Crippen molar-refractivity contribution in [3.05, 3.63) is 10.6 Å². The Morgan fingerprint density at radius 2 is 2.00 bits per heavy atom. The molecule has 0 unspecified atom stereocenters. The van der Waals surface area contributed by atoms with Crippen LogP contribution in [0.25, 0.3) is 0 Å². The monoisotopic (exact) mass is 254 g/mol. The Morgan fingerprint density at radius 3 is 2.31 bits per heavy atom. The largest absolute Gasteiger partial charge is 0.476 e. The van der Waals surface area contributed by atoms with Crippen LogP contribution in [0.1, 0.15) is 22.3 Å². The molecular weight excluding hydrogens is 249 g/mol. The first kappa shape index (κ1) is 12.4. The average Bonchev–Trinajstić information content (AvgIpc) is 2.45. The van der Waals surface area contributed by atoms with E-state index in [1.165, 1.54) is 0 Å². The summed E-state index contributed by atoms with van der Waals surface area (Å²) < 4.78 is 37.1. The Bertz CT molecular complexity index is 441. The second-order valence-electron chi connectivity index (χ2n) is 2.68. The summed E-state index contributed by atoms with van der Waals surface area (Å²) in [6, 6.07) is 0. The van der Waals surface area contributed by atoms with Crippen molar-refractivity contribution in [2.24, 2.45) is 0 Å². The number of hydrogen-bond donors (Lipinski definition) is 2. The molecule has 0 saturated carbocycles. The fraction of sp³-hybridized carbons (Fsp3) is 0.286. The Kier molecular flexibility index (Phi) is 3.17. The van der Waals surface area contributed by atoms with Gasteiger partial charge in [0.05, 0.1) is 0 Å². The molecule has 9 heteroatoms. The SMILES string of the molecule is CC(=O)Nc1nc(C(=O)O)c(C(F)(F)F)s1. The van der Waals surface area contributed by atoms with Gasteiger partial charge in [-0.3, -0.25) is 4.79 Å². The number of aromatic carboxylic acids is 1. The molecule has 2 N–H and O–H groups in total. The number of halogens is 3. The van der Waals surface area contributed by atoms with Crippen LogP contribution >= 0.6 is 11.3 Å². The number of alkyl halides is 3. The molecule has 0 aliphatic carbocycles. The van der Waals surface area contributed by atoms with E-state index in [2.05, 4.69) is 4.98 Å². The first-order valence-electron chi connectivity index (χ1n) is 3.80. The molecule has 5 nitrogen and oxygen atoms in total.